The Morgan fingerprint density at radius 1 is 1.00 bits per heavy atom. The molecular formula is C16H17NO. The molecule has 1 spiro atoms. The van der Waals surface area contributed by atoms with Crippen LogP contribution in [0.4, 0.5) is 5.69 Å². The molecule has 2 aromatic rings. The number of benzene rings is 2. The van der Waals surface area contributed by atoms with Crippen molar-refractivity contribution in [3.05, 3.63) is 36.4 Å². The molecule has 18 heavy (non-hydrogen) atoms. The van der Waals surface area contributed by atoms with Gasteiger partial charge in [-0.1, -0.05) is 43.2 Å². The molecule has 1 fully saturated rings. The van der Waals surface area contributed by atoms with Gasteiger partial charge in [0.25, 0.3) is 0 Å². The van der Waals surface area contributed by atoms with Crippen molar-refractivity contribution >= 4 is 16.5 Å². The minimum Gasteiger partial charge on any atom is -0.489 e. The summed E-state index contributed by atoms with van der Waals surface area (Å²) in [6.07, 6.45) is 5.10. The molecule has 1 saturated carbocycles. The van der Waals surface area contributed by atoms with Crippen molar-refractivity contribution in [2.45, 2.75) is 31.2 Å². The summed E-state index contributed by atoms with van der Waals surface area (Å²) < 4.78 is 6.01. The average molecular weight is 239 g/mol. The van der Waals surface area contributed by atoms with E-state index in [1.54, 1.807) is 0 Å². The van der Waals surface area contributed by atoms with Crippen molar-refractivity contribution in [2.24, 2.45) is 0 Å². The molecule has 0 unspecified atom stereocenters. The molecule has 2 aromatic carbocycles. The lowest BCUT2D eigenvalue weighted by Gasteiger charge is -2.37. The molecule has 2 nitrogen and oxygen atoms in total. The molecule has 92 valence electrons. The van der Waals surface area contributed by atoms with Crippen LogP contribution in [0, 0.1) is 0 Å². The van der Waals surface area contributed by atoms with E-state index >= 15 is 0 Å². The first-order chi connectivity index (χ1) is 8.86. The Labute approximate surface area is 107 Å². The van der Waals surface area contributed by atoms with Gasteiger partial charge < -0.3 is 10.1 Å². The predicted octanol–water partition coefficient (Wildman–Crippen LogP) is 3.96. The summed E-state index contributed by atoms with van der Waals surface area (Å²) in [6, 6.07) is 12.8. The van der Waals surface area contributed by atoms with Crippen LogP contribution in [0.25, 0.3) is 10.8 Å². The smallest absolute Gasteiger partial charge is 0.143 e. The third-order valence-electron chi connectivity index (χ3n) is 4.35. The number of rotatable bonds is 0. The first kappa shape index (κ1) is 10.2. The minimum atomic E-state index is 0.192. The van der Waals surface area contributed by atoms with Gasteiger partial charge in [-0.2, -0.15) is 0 Å². The Kier molecular flexibility index (Phi) is 2.07. The van der Waals surface area contributed by atoms with E-state index in [2.05, 4.69) is 41.7 Å². The highest BCUT2D eigenvalue weighted by atomic mass is 16.5. The first-order valence-electron chi connectivity index (χ1n) is 6.79. The van der Waals surface area contributed by atoms with Crippen LogP contribution in [0.15, 0.2) is 36.4 Å². The minimum absolute atomic E-state index is 0.192. The highest BCUT2D eigenvalue weighted by Gasteiger charge is 2.38. The zero-order valence-corrected chi connectivity index (χ0v) is 10.4. The summed E-state index contributed by atoms with van der Waals surface area (Å²) >= 11 is 0. The van der Waals surface area contributed by atoms with Gasteiger partial charge in [0.15, 0.2) is 0 Å². The summed E-state index contributed by atoms with van der Waals surface area (Å²) in [7, 11) is 0. The molecule has 0 aromatic heterocycles. The van der Waals surface area contributed by atoms with Crippen LogP contribution < -0.4 is 10.1 Å². The number of anilines is 1. The van der Waals surface area contributed by atoms with Gasteiger partial charge in [-0.15, -0.1) is 0 Å². The van der Waals surface area contributed by atoms with Crippen LogP contribution in [0.5, 0.6) is 5.75 Å². The molecule has 2 aliphatic rings. The van der Waals surface area contributed by atoms with Crippen LogP contribution >= 0.6 is 0 Å². The van der Waals surface area contributed by atoms with Crippen LogP contribution in [-0.4, -0.2) is 12.1 Å². The standard InChI is InChI=1S/C16H17NO/c1-2-6-13-12(5-1)7-8-14-15(13)17-16(11-18-14)9-3-4-10-16/h1-2,5-8,17H,3-4,9-11H2. The third-order valence-corrected chi connectivity index (χ3v) is 4.35. The van der Waals surface area contributed by atoms with E-state index in [0.29, 0.717) is 0 Å². The van der Waals surface area contributed by atoms with Gasteiger partial charge in [0.05, 0.1) is 11.2 Å². The summed E-state index contributed by atoms with van der Waals surface area (Å²) in [5.74, 6) is 1.01. The first-order valence-corrected chi connectivity index (χ1v) is 6.79. The van der Waals surface area contributed by atoms with Crippen molar-refractivity contribution in [1.82, 2.24) is 0 Å². The largest absolute Gasteiger partial charge is 0.489 e. The molecule has 1 heterocycles. The molecule has 0 amide bonds. The van der Waals surface area contributed by atoms with Crippen LogP contribution in [0.3, 0.4) is 0 Å². The second-order valence-corrected chi connectivity index (χ2v) is 5.56. The Morgan fingerprint density at radius 3 is 2.72 bits per heavy atom. The van der Waals surface area contributed by atoms with Gasteiger partial charge >= 0.3 is 0 Å². The van der Waals surface area contributed by atoms with Crippen molar-refractivity contribution in [3.8, 4) is 5.75 Å². The van der Waals surface area contributed by atoms with Crippen LogP contribution in [-0.2, 0) is 0 Å². The zero-order valence-electron chi connectivity index (χ0n) is 10.4. The number of nitrogens with one attached hydrogen (secondary N) is 1. The maximum atomic E-state index is 6.01. The molecule has 4 rings (SSSR count). The van der Waals surface area contributed by atoms with Gasteiger partial charge in [0, 0.05) is 5.39 Å². The van der Waals surface area contributed by atoms with Crippen molar-refractivity contribution < 1.29 is 4.74 Å². The lowest BCUT2D eigenvalue weighted by Crippen LogP contribution is -2.44. The van der Waals surface area contributed by atoms with E-state index in [-0.39, 0.29) is 5.54 Å². The molecule has 0 radical (unpaired) electrons. The highest BCUT2D eigenvalue weighted by molar-refractivity contribution is 5.97. The Morgan fingerprint density at radius 2 is 1.83 bits per heavy atom. The molecule has 0 atom stereocenters. The van der Waals surface area contributed by atoms with Gasteiger partial charge in [-0.25, -0.2) is 0 Å². The highest BCUT2D eigenvalue weighted by Crippen LogP contribution is 2.43. The maximum Gasteiger partial charge on any atom is 0.143 e. The SMILES string of the molecule is c1ccc2c3c(ccc2c1)OCC1(CCCC1)N3. The second kappa shape index (κ2) is 3.64. The van der Waals surface area contributed by atoms with Crippen molar-refractivity contribution in [1.29, 1.82) is 0 Å². The monoisotopic (exact) mass is 239 g/mol. The molecule has 1 N–H and O–H groups in total. The van der Waals surface area contributed by atoms with Crippen molar-refractivity contribution in [2.75, 3.05) is 11.9 Å². The number of hydrogen-bond acceptors (Lipinski definition) is 2. The van der Waals surface area contributed by atoms with E-state index in [1.807, 2.05) is 0 Å². The summed E-state index contributed by atoms with van der Waals surface area (Å²) in [4.78, 5) is 0. The number of ether oxygens (including phenoxy) is 1. The van der Waals surface area contributed by atoms with E-state index in [0.717, 1.165) is 12.4 Å². The van der Waals surface area contributed by atoms with Gasteiger partial charge in [-0.3, -0.25) is 0 Å². The Bertz CT molecular complexity index is 599. The molecule has 2 heteroatoms. The molecule has 0 saturated heterocycles. The van der Waals surface area contributed by atoms with E-state index < -0.39 is 0 Å². The second-order valence-electron chi connectivity index (χ2n) is 5.56. The summed E-state index contributed by atoms with van der Waals surface area (Å²) in [5, 5.41) is 6.35. The lowest BCUT2D eigenvalue weighted by atomic mass is 9.95. The quantitative estimate of drug-likeness (QED) is 0.751. The summed E-state index contributed by atoms with van der Waals surface area (Å²) in [5.41, 5.74) is 1.39. The van der Waals surface area contributed by atoms with E-state index in [9.17, 15) is 0 Å². The van der Waals surface area contributed by atoms with Crippen LogP contribution in [0.1, 0.15) is 25.7 Å². The molecule has 1 aliphatic heterocycles. The topological polar surface area (TPSA) is 21.3 Å². The third kappa shape index (κ3) is 1.41. The average Bonchev–Trinajstić information content (AvgIpc) is 2.87. The van der Waals surface area contributed by atoms with Crippen molar-refractivity contribution in [3.63, 3.8) is 0 Å². The molecule has 0 bridgehead atoms. The van der Waals surface area contributed by atoms with E-state index in [1.165, 1.54) is 42.1 Å². The number of hydrogen-bond donors (Lipinski definition) is 1. The fourth-order valence-corrected chi connectivity index (χ4v) is 3.34. The molecule has 1 aliphatic carbocycles. The fourth-order valence-electron chi connectivity index (χ4n) is 3.34. The number of fused-ring (bicyclic) bond motifs is 3. The maximum absolute atomic E-state index is 6.01. The van der Waals surface area contributed by atoms with Gasteiger partial charge in [0.1, 0.15) is 12.4 Å². The Balaban J connectivity index is 1.88. The fraction of sp³-hybridized carbons (Fsp3) is 0.375. The van der Waals surface area contributed by atoms with E-state index in [4.69, 9.17) is 4.74 Å². The zero-order chi connectivity index (χ0) is 12.0. The summed E-state index contributed by atoms with van der Waals surface area (Å²) in [6.45, 7) is 0.818. The predicted molar refractivity (Wildman–Crippen MR) is 74.3 cm³/mol. The van der Waals surface area contributed by atoms with Gasteiger partial charge in [0.2, 0.25) is 0 Å². The van der Waals surface area contributed by atoms with Gasteiger partial charge in [-0.05, 0) is 24.3 Å². The van der Waals surface area contributed by atoms with Crippen LogP contribution in [0.2, 0.25) is 0 Å². The normalized spacial score (nSPS) is 20.4. The lowest BCUT2D eigenvalue weighted by molar-refractivity contribution is 0.221. The Hall–Kier alpha value is -1.70. The molecular weight excluding hydrogens is 222 g/mol.